The van der Waals surface area contributed by atoms with Gasteiger partial charge in [-0.2, -0.15) is 4.98 Å². The number of aromatic nitrogens is 3. The Morgan fingerprint density at radius 2 is 1.71 bits per heavy atom. The molecule has 0 aliphatic rings. The molecule has 0 saturated carbocycles. The molecule has 154 valence electrons. The minimum Gasteiger partial charge on any atom is -0.334 e. The fourth-order valence-corrected chi connectivity index (χ4v) is 2.99. The van der Waals surface area contributed by atoms with Gasteiger partial charge in [-0.3, -0.25) is 9.59 Å². The van der Waals surface area contributed by atoms with Crippen molar-refractivity contribution in [2.24, 2.45) is 0 Å². The summed E-state index contributed by atoms with van der Waals surface area (Å²) >= 11 is 3.30. The number of benzene rings is 2. The van der Waals surface area contributed by atoms with Crippen LogP contribution in [0.2, 0.25) is 0 Å². The molecule has 2 amide bonds. The Kier molecular flexibility index (Phi) is 5.85. The second-order valence-corrected chi connectivity index (χ2v) is 7.49. The Bertz CT molecular complexity index is 1240. The molecule has 2 aromatic heterocycles. The first kappa shape index (κ1) is 20.4. The minimum atomic E-state index is -0.329. The highest BCUT2D eigenvalue weighted by Gasteiger charge is 2.12. The van der Waals surface area contributed by atoms with Crippen LogP contribution in [0.25, 0.3) is 11.5 Å². The zero-order chi connectivity index (χ0) is 21.8. The summed E-state index contributed by atoms with van der Waals surface area (Å²) in [5, 5.41) is 9.27. The Balaban J connectivity index is 1.43. The third-order valence-electron chi connectivity index (χ3n) is 4.27. The Morgan fingerprint density at radius 3 is 2.39 bits per heavy atom. The van der Waals surface area contributed by atoms with Crippen LogP contribution in [0, 0.1) is 6.92 Å². The number of hydrogen-bond donors (Lipinski definition) is 2. The van der Waals surface area contributed by atoms with Crippen molar-refractivity contribution in [2.45, 2.75) is 6.92 Å². The largest absolute Gasteiger partial charge is 0.334 e. The molecule has 2 aromatic carbocycles. The standard InChI is InChI=1S/C22H16BrN5O3/c1-13-25-22(31-28-13)15-7-5-14(6-8-15)20(29)26-18-4-2-3-16(11-18)21(30)27-19-10-9-17(23)12-24-19/h2-12H,1H3,(H,26,29)(H,24,27,30). The summed E-state index contributed by atoms with van der Waals surface area (Å²) < 4.78 is 5.94. The molecule has 0 aliphatic carbocycles. The van der Waals surface area contributed by atoms with Crippen LogP contribution in [-0.2, 0) is 0 Å². The van der Waals surface area contributed by atoms with Crippen molar-refractivity contribution in [3.8, 4) is 11.5 Å². The predicted octanol–water partition coefficient (Wildman–Crippen LogP) is 4.71. The molecule has 4 rings (SSSR count). The number of halogens is 1. The van der Waals surface area contributed by atoms with Crippen molar-refractivity contribution in [3.63, 3.8) is 0 Å². The van der Waals surface area contributed by atoms with Crippen LogP contribution in [0.3, 0.4) is 0 Å². The van der Waals surface area contributed by atoms with Crippen LogP contribution in [0.15, 0.2) is 75.9 Å². The maximum Gasteiger partial charge on any atom is 0.257 e. The molecular weight excluding hydrogens is 462 g/mol. The highest BCUT2D eigenvalue weighted by Crippen LogP contribution is 2.19. The topological polar surface area (TPSA) is 110 Å². The molecule has 0 fully saturated rings. The Hall–Kier alpha value is -3.85. The van der Waals surface area contributed by atoms with Crippen molar-refractivity contribution >= 4 is 39.2 Å². The lowest BCUT2D eigenvalue weighted by atomic mass is 10.1. The third-order valence-corrected chi connectivity index (χ3v) is 4.74. The van der Waals surface area contributed by atoms with Gasteiger partial charge >= 0.3 is 0 Å². The van der Waals surface area contributed by atoms with Crippen molar-refractivity contribution in [1.82, 2.24) is 15.1 Å². The number of amides is 2. The van der Waals surface area contributed by atoms with Gasteiger partial charge in [-0.05, 0) is 77.5 Å². The smallest absolute Gasteiger partial charge is 0.257 e. The molecule has 0 bridgehead atoms. The lowest BCUT2D eigenvalue weighted by molar-refractivity contribution is 0.101. The number of aryl methyl sites for hydroxylation is 1. The number of nitrogens with one attached hydrogen (secondary N) is 2. The summed E-state index contributed by atoms with van der Waals surface area (Å²) in [6.07, 6.45) is 1.59. The van der Waals surface area contributed by atoms with Crippen LogP contribution in [-0.4, -0.2) is 26.9 Å². The maximum absolute atomic E-state index is 12.6. The van der Waals surface area contributed by atoms with Crippen LogP contribution in [0.1, 0.15) is 26.5 Å². The maximum atomic E-state index is 12.6. The number of hydrogen-bond acceptors (Lipinski definition) is 6. The van der Waals surface area contributed by atoms with Crippen LogP contribution in [0.5, 0.6) is 0 Å². The van der Waals surface area contributed by atoms with Gasteiger partial charge in [0.05, 0.1) is 0 Å². The quantitative estimate of drug-likeness (QED) is 0.430. The normalized spacial score (nSPS) is 10.5. The molecule has 4 aromatic rings. The van der Waals surface area contributed by atoms with Gasteiger partial charge in [0, 0.05) is 33.0 Å². The molecule has 0 saturated heterocycles. The average Bonchev–Trinajstić information content (AvgIpc) is 3.22. The Morgan fingerprint density at radius 1 is 0.935 bits per heavy atom. The molecule has 31 heavy (non-hydrogen) atoms. The number of carbonyl (C=O) groups excluding carboxylic acids is 2. The van der Waals surface area contributed by atoms with E-state index < -0.39 is 0 Å². The fraction of sp³-hybridized carbons (Fsp3) is 0.0455. The van der Waals surface area contributed by atoms with Gasteiger partial charge in [0.25, 0.3) is 17.7 Å². The number of anilines is 2. The van der Waals surface area contributed by atoms with Gasteiger partial charge in [0.1, 0.15) is 5.82 Å². The van der Waals surface area contributed by atoms with E-state index in [1.54, 1.807) is 73.8 Å². The van der Waals surface area contributed by atoms with Gasteiger partial charge in [0.15, 0.2) is 5.82 Å². The Labute approximate surface area is 185 Å². The van der Waals surface area contributed by atoms with E-state index >= 15 is 0 Å². The third kappa shape index (κ3) is 5.01. The molecule has 0 radical (unpaired) electrons. The molecule has 8 nitrogen and oxygen atoms in total. The van der Waals surface area contributed by atoms with E-state index in [-0.39, 0.29) is 11.8 Å². The SMILES string of the molecule is Cc1noc(-c2ccc(C(=O)Nc3cccc(C(=O)Nc4ccc(Br)cn4)c3)cc2)n1. The monoisotopic (exact) mass is 477 g/mol. The number of rotatable bonds is 5. The zero-order valence-electron chi connectivity index (χ0n) is 16.3. The molecule has 9 heteroatoms. The van der Waals surface area contributed by atoms with Crippen LogP contribution < -0.4 is 10.6 Å². The molecular formula is C22H16BrN5O3. The highest BCUT2D eigenvalue weighted by atomic mass is 79.9. The van der Waals surface area contributed by atoms with Gasteiger partial charge in [-0.15, -0.1) is 0 Å². The molecule has 0 aliphatic heterocycles. The average molecular weight is 478 g/mol. The van der Waals surface area contributed by atoms with Crippen molar-refractivity contribution < 1.29 is 14.1 Å². The van der Waals surface area contributed by atoms with E-state index in [9.17, 15) is 9.59 Å². The molecule has 2 heterocycles. The van der Waals surface area contributed by atoms with Gasteiger partial charge < -0.3 is 15.2 Å². The second-order valence-electron chi connectivity index (χ2n) is 6.57. The summed E-state index contributed by atoms with van der Waals surface area (Å²) in [6, 6.07) is 16.9. The summed E-state index contributed by atoms with van der Waals surface area (Å²) in [5.74, 6) is 0.727. The van der Waals surface area contributed by atoms with Gasteiger partial charge in [-0.25, -0.2) is 4.98 Å². The van der Waals surface area contributed by atoms with Crippen LogP contribution in [0.4, 0.5) is 11.5 Å². The molecule has 0 atom stereocenters. The number of nitrogens with zero attached hydrogens (tertiary/aromatic N) is 3. The first-order valence-corrected chi connectivity index (χ1v) is 10.0. The van der Waals surface area contributed by atoms with E-state index in [4.69, 9.17) is 4.52 Å². The number of carbonyl (C=O) groups is 2. The lowest BCUT2D eigenvalue weighted by Crippen LogP contribution is -2.15. The zero-order valence-corrected chi connectivity index (χ0v) is 17.9. The molecule has 2 N–H and O–H groups in total. The first-order chi connectivity index (χ1) is 15.0. The van der Waals surface area contributed by atoms with Gasteiger partial charge in [-0.1, -0.05) is 11.2 Å². The second kappa shape index (κ2) is 8.88. The van der Waals surface area contributed by atoms with Crippen molar-refractivity contribution in [3.05, 3.63) is 88.3 Å². The summed E-state index contributed by atoms with van der Waals surface area (Å²) in [5.41, 5.74) is 2.06. The van der Waals surface area contributed by atoms with Crippen molar-refractivity contribution in [2.75, 3.05) is 10.6 Å². The molecule has 0 spiro atoms. The summed E-state index contributed by atoms with van der Waals surface area (Å²) in [6.45, 7) is 1.73. The van der Waals surface area contributed by atoms with E-state index in [0.29, 0.717) is 34.3 Å². The number of pyridine rings is 1. The van der Waals surface area contributed by atoms with E-state index in [1.165, 1.54) is 0 Å². The predicted molar refractivity (Wildman–Crippen MR) is 119 cm³/mol. The minimum absolute atomic E-state index is 0.305. The van der Waals surface area contributed by atoms with Crippen LogP contribution >= 0.6 is 15.9 Å². The van der Waals surface area contributed by atoms with E-state index in [2.05, 4.69) is 41.7 Å². The highest BCUT2D eigenvalue weighted by molar-refractivity contribution is 9.10. The molecule has 0 unspecified atom stereocenters. The summed E-state index contributed by atoms with van der Waals surface area (Å²) in [4.78, 5) is 33.4. The van der Waals surface area contributed by atoms with E-state index in [0.717, 1.165) is 10.0 Å². The summed E-state index contributed by atoms with van der Waals surface area (Å²) in [7, 11) is 0. The van der Waals surface area contributed by atoms with Gasteiger partial charge in [0.2, 0.25) is 0 Å². The fourth-order valence-electron chi connectivity index (χ4n) is 2.76. The first-order valence-electron chi connectivity index (χ1n) is 9.23. The van der Waals surface area contributed by atoms with E-state index in [1.807, 2.05) is 0 Å². The lowest BCUT2D eigenvalue weighted by Gasteiger charge is -2.08. The van der Waals surface area contributed by atoms with Crippen molar-refractivity contribution in [1.29, 1.82) is 0 Å².